The summed E-state index contributed by atoms with van der Waals surface area (Å²) >= 11 is 2.66. The first-order valence-corrected chi connectivity index (χ1v) is 16.1. The second kappa shape index (κ2) is 13.1. The SMILES string of the molecule is CCOc1ccc(C2C(=C(O)c3ccc(F)cc3)C(=O)C(=O)N2c2nnc(SCc3cccc4ccccc34)s2)cc1OCC. The largest absolute Gasteiger partial charge is 0.507 e. The number of fused-ring (bicyclic) bond motifs is 1. The first kappa shape index (κ1) is 30.3. The molecule has 1 N–H and O–H groups in total. The van der Waals surface area contributed by atoms with Crippen molar-refractivity contribution in [1.29, 1.82) is 0 Å². The maximum Gasteiger partial charge on any atom is 0.301 e. The summed E-state index contributed by atoms with van der Waals surface area (Å²) in [4.78, 5) is 28.5. The minimum absolute atomic E-state index is 0.154. The van der Waals surface area contributed by atoms with E-state index >= 15 is 0 Å². The number of ether oxygens (including phenoxy) is 2. The quantitative estimate of drug-likeness (QED) is 0.0549. The number of anilines is 1. The number of hydrogen-bond acceptors (Lipinski definition) is 9. The summed E-state index contributed by atoms with van der Waals surface area (Å²) < 4.78 is 25.8. The zero-order chi connectivity index (χ0) is 31.5. The average Bonchev–Trinajstić information content (AvgIpc) is 3.62. The van der Waals surface area contributed by atoms with Crippen molar-refractivity contribution < 1.29 is 28.6 Å². The molecule has 1 unspecified atom stereocenters. The van der Waals surface area contributed by atoms with Crippen LogP contribution in [0.4, 0.5) is 9.52 Å². The van der Waals surface area contributed by atoms with Crippen LogP contribution in [-0.2, 0) is 15.3 Å². The van der Waals surface area contributed by atoms with Crippen molar-refractivity contribution in [1.82, 2.24) is 10.2 Å². The molecule has 0 saturated carbocycles. The van der Waals surface area contributed by atoms with Crippen molar-refractivity contribution in [2.24, 2.45) is 0 Å². The van der Waals surface area contributed by atoms with Crippen LogP contribution in [0.5, 0.6) is 11.5 Å². The van der Waals surface area contributed by atoms with Gasteiger partial charge in [-0.05, 0) is 72.1 Å². The van der Waals surface area contributed by atoms with E-state index in [2.05, 4.69) is 34.5 Å². The molecule has 0 radical (unpaired) electrons. The highest BCUT2D eigenvalue weighted by Gasteiger charge is 2.48. The highest BCUT2D eigenvalue weighted by molar-refractivity contribution is 8.00. The molecule has 11 heteroatoms. The minimum Gasteiger partial charge on any atom is -0.507 e. The number of ketones is 1. The van der Waals surface area contributed by atoms with Crippen LogP contribution in [0.1, 0.15) is 36.6 Å². The van der Waals surface area contributed by atoms with Gasteiger partial charge in [-0.15, -0.1) is 10.2 Å². The number of aliphatic hydroxyl groups excluding tert-OH is 1. The molecule has 4 aromatic carbocycles. The van der Waals surface area contributed by atoms with E-state index in [1.165, 1.54) is 52.3 Å². The van der Waals surface area contributed by atoms with Crippen molar-refractivity contribution in [2.45, 2.75) is 30.0 Å². The van der Waals surface area contributed by atoms with Crippen LogP contribution in [0.25, 0.3) is 16.5 Å². The lowest BCUT2D eigenvalue weighted by Gasteiger charge is -2.23. The number of amides is 1. The maximum absolute atomic E-state index is 13.7. The number of thioether (sulfide) groups is 1. The topological polar surface area (TPSA) is 102 Å². The van der Waals surface area contributed by atoms with Gasteiger partial charge < -0.3 is 14.6 Å². The third-order valence-electron chi connectivity index (χ3n) is 7.28. The van der Waals surface area contributed by atoms with E-state index in [0.29, 0.717) is 40.4 Å². The van der Waals surface area contributed by atoms with Crippen molar-refractivity contribution in [3.63, 3.8) is 0 Å². The van der Waals surface area contributed by atoms with Gasteiger partial charge in [-0.3, -0.25) is 14.5 Å². The molecule has 2 heterocycles. The van der Waals surface area contributed by atoms with Gasteiger partial charge >= 0.3 is 5.91 Å². The van der Waals surface area contributed by atoms with Crippen molar-refractivity contribution in [3.05, 3.63) is 113 Å². The Labute approximate surface area is 267 Å². The lowest BCUT2D eigenvalue weighted by Crippen LogP contribution is -2.29. The molecule has 0 spiro atoms. The van der Waals surface area contributed by atoms with Gasteiger partial charge in [0.2, 0.25) is 5.13 Å². The van der Waals surface area contributed by atoms with Gasteiger partial charge in [0.15, 0.2) is 15.8 Å². The molecular formula is C34H28FN3O5S2. The number of benzene rings is 4. The number of halogens is 1. The molecular weight excluding hydrogens is 614 g/mol. The molecule has 1 atom stereocenters. The fourth-order valence-corrected chi connectivity index (χ4v) is 7.13. The van der Waals surface area contributed by atoms with Gasteiger partial charge in [-0.25, -0.2) is 4.39 Å². The highest BCUT2D eigenvalue weighted by Crippen LogP contribution is 2.45. The lowest BCUT2D eigenvalue weighted by atomic mass is 9.95. The van der Waals surface area contributed by atoms with Crippen LogP contribution in [0, 0.1) is 5.82 Å². The average molecular weight is 642 g/mol. The number of aromatic nitrogens is 2. The van der Waals surface area contributed by atoms with E-state index < -0.39 is 29.3 Å². The van der Waals surface area contributed by atoms with E-state index in [1.807, 2.05) is 32.0 Å². The summed E-state index contributed by atoms with van der Waals surface area (Å²) in [7, 11) is 0. The molecule has 1 aromatic heterocycles. The number of carbonyl (C=O) groups excluding carboxylic acids is 2. The molecule has 8 nitrogen and oxygen atoms in total. The summed E-state index contributed by atoms with van der Waals surface area (Å²) in [5, 5.41) is 22.5. The molecule has 1 amide bonds. The Kier molecular flexibility index (Phi) is 8.81. The highest BCUT2D eigenvalue weighted by atomic mass is 32.2. The molecule has 1 saturated heterocycles. The molecule has 5 aromatic rings. The zero-order valence-corrected chi connectivity index (χ0v) is 26.0. The van der Waals surface area contributed by atoms with E-state index in [-0.39, 0.29) is 16.3 Å². The Morgan fingerprint density at radius 1 is 0.933 bits per heavy atom. The van der Waals surface area contributed by atoms with E-state index in [9.17, 15) is 19.1 Å². The summed E-state index contributed by atoms with van der Waals surface area (Å²) in [6, 6.07) is 23.4. The van der Waals surface area contributed by atoms with Crippen LogP contribution in [0.15, 0.2) is 94.8 Å². The molecule has 6 rings (SSSR count). The van der Waals surface area contributed by atoms with E-state index in [1.54, 1.807) is 18.2 Å². The number of Topliss-reactive ketones (excluding diaryl/α,β-unsaturated/α-hetero) is 1. The Bertz CT molecular complexity index is 1920. The minimum atomic E-state index is -1.06. The second-order valence-electron chi connectivity index (χ2n) is 10.0. The first-order valence-electron chi connectivity index (χ1n) is 14.3. The van der Waals surface area contributed by atoms with Gasteiger partial charge in [0.1, 0.15) is 11.6 Å². The molecule has 0 aliphatic carbocycles. The molecule has 1 aliphatic rings. The van der Waals surface area contributed by atoms with Gasteiger partial charge in [-0.1, -0.05) is 71.6 Å². The van der Waals surface area contributed by atoms with Crippen LogP contribution in [-0.4, -0.2) is 40.2 Å². The third kappa shape index (κ3) is 6.01. The molecule has 45 heavy (non-hydrogen) atoms. The Hall–Kier alpha value is -4.74. The van der Waals surface area contributed by atoms with Gasteiger partial charge in [-0.2, -0.15) is 0 Å². The van der Waals surface area contributed by atoms with Crippen LogP contribution < -0.4 is 14.4 Å². The molecule has 0 bridgehead atoms. The normalized spacial score (nSPS) is 16.0. The van der Waals surface area contributed by atoms with Crippen molar-refractivity contribution in [2.75, 3.05) is 18.1 Å². The number of nitrogens with zero attached hydrogens (tertiary/aromatic N) is 3. The zero-order valence-electron chi connectivity index (χ0n) is 24.4. The smallest absolute Gasteiger partial charge is 0.301 e. The standard InChI is InChI=1S/C34H28FN3O5S2/c1-3-42-26-17-14-22(18-27(26)43-4-2)29-28(30(39)21-12-15-24(35)16-13-21)31(40)32(41)38(29)33-36-37-34(45-33)44-19-23-10-7-9-20-8-5-6-11-25(20)23/h5-18,29,39H,3-4,19H2,1-2H3. The number of carbonyl (C=O) groups is 2. The predicted molar refractivity (Wildman–Crippen MR) is 173 cm³/mol. The Morgan fingerprint density at radius 2 is 1.67 bits per heavy atom. The van der Waals surface area contributed by atoms with Gasteiger partial charge in [0, 0.05) is 11.3 Å². The van der Waals surface area contributed by atoms with Crippen LogP contribution >= 0.6 is 23.1 Å². The number of rotatable bonds is 10. The number of hydrogen-bond donors (Lipinski definition) is 1. The Morgan fingerprint density at radius 3 is 2.44 bits per heavy atom. The molecule has 1 fully saturated rings. The van der Waals surface area contributed by atoms with Gasteiger partial charge in [0.05, 0.1) is 24.8 Å². The van der Waals surface area contributed by atoms with Crippen LogP contribution in [0.3, 0.4) is 0 Å². The summed E-state index contributed by atoms with van der Waals surface area (Å²) in [6.07, 6.45) is 0. The predicted octanol–water partition coefficient (Wildman–Crippen LogP) is 7.55. The van der Waals surface area contributed by atoms with E-state index in [4.69, 9.17) is 9.47 Å². The number of aliphatic hydroxyl groups is 1. The van der Waals surface area contributed by atoms with Gasteiger partial charge in [0.25, 0.3) is 5.78 Å². The third-order valence-corrected chi connectivity index (χ3v) is 9.38. The summed E-state index contributed by atoms with van der Waals surface area (Å²) in [5.41, 5.74) is 1.66. The van der Waals surface area contributed by atoms with Crippen molar-refractivity contribution >= 4 is 56.5 Å². The lowest BCUT2D eigenvalue weighted by molar-refractivity contribution is -0.132. The monoisotopic (exact) mass is 641 g/mol. The maximum atomic E-state index is 13.7. The second-order valence-corrected chi connectivity index (χ2v) is 12.2. The van der Waals surface area contributed by atoms with Crippen LogP contribution in [0.2, 0.25) is 0 Å². The fraction of sp³-hybridized carbons (Fsp3) is 0.176. The molecule has 228 valence electrons. The summed E-state index contributed by atoms with van der Waals surface area (Å²) in [6.45, 7) is 4.45. The summed E-state index contributed by atoms with van der Waals surface area (Å²) in [5.74, 6) is -1.14. The molecule has 1 aliphatic heterocycles. The fourth-order valence-electron chi connectivity index (χ4n) is 5.26. The first-order chi connectivity index (χ1) is 21.9. The Balaban J connectivity index is 1.40. The van der Waals surface area contributed by atoms with E-state index in [0.717, 1.165) is 16.3 Å². The van der Waals surface area contributed by atoms with Crippen molar-refractivity contribution in [3.8, 4) is 11.5 Å².